The number of sulfonamides is 1. The van der Waals surface area contributed by atoms with E-state index in [4.69, 9.17) is 4.74 Å². The summed E-state index contributed by atoms with van der Waals surface area (Å²) in [5.74, 6) is 0.593. The van der Waals surface area contributed by atoms with Crippen molar-refractivity contribution in [1.29, 1.82) is 0 Å². The molecule has 0 radical (unpaired) electrons. The number of benzene rings is 1. The molecule has 3 aromatic rings. The lowest BCUT2D eigenvalue weighted by Gasteiger charge is -2.16. The van der Waals surface area contributed by atoms with Crippen LogP contribution in [0.3, 0.4) is 0 Å². The first-order valence-electron chi connectivity index (χ1n) is 9.60. The van der Waals surface area contributed by atoms with Crippen LogP contribution in [0, 0.1) is 6.92 Å². The third kappa shape index (κ3) is 3.34. The normalized spacial score (nSPS) is 17.8. The first kappa shape index (κ1) is 19.7. The van der Waals surface area contributed by atoms with Gasteiger partial charge >= 0.3 is 0 Å². The summed E-state index contributed by atoms with van der Waals surface area (Å²) < 4.78 is 34.0. The highest BCUT2D eigenvalue weighted by atomic mass is 32.2. The van der Waals surface area contributed by atoms with Gasteiger partial charge in [0.2, 0.25) is 10.0 Å². The Balaban J connectivity index is 1.61. The van der Waals surface area contributed by atoms with Gasteiger partial charge in [0, 0.05) is 42.0 Å². The van der Waals surface area contributed by atoms with Crippen LogP contribution in [0.1, 0.15) is 36.2 Å². The summed E-state index contributed by atoms with van der Waals surface area (Å²) in [6.07, 6.45) is 1.29. The summed E-state index contributed by atoms with van der Waals surface area (Å²) in [6.45, 7) is 4.55. The summed E-state index contributed by atoms with van der Waals surface area (Å²) in [6, 6.07) is 8.25. The molecule has 0 spiro atoms. The number of methoxy groups -OCH3 is 1. The predicted octanol–water partition coefficient (Wildman–Crippen LogP) is 2.08. The Morgan fingerprint density at radius 3 is 2.66 bits per heavy atom. The lowest BCUT2D eigenvalue weighted by Crippen LogP contribution is -2.28. The van der Waals surface area contributed by atoms with Crippen molar-refractivity contribution in [2.75, 3.05) is 20.2 Å². The number of nitrogens with one attached hydrogen (secondary N) is 1. The molecule has 3 heterocycles. The molecule has 154 valence electrons. The topological polar surface area (TPSA) is 96.8 Å². The molecule has 0 aliphatic carbocycles. The molecule has 1 fully saturated rings. The van der Waals surface area contributed by atoms with Crippen molar-refractivity contribution in [2.24, 2.45) is 0 Å². The number of aromatic nitrogens is 3. The van der Waals surface area contributed by atoms with Gasteiger partial charge in [-0.15, -0.1) is 0 Å². The minimum absolute atomic E-state index is 0.0190. The van der Waals surface area contributed by atoms with Gasteiger partial charge in [-0.2, -0.15) is 4.31 Å². The van der Waals surface area contributed by atoms with Gasteiger partial charge in [0.15, 0.2) is 5.65 Å². The molecule has 8 nitrogen and oxygen atoms in total. The molecular weight excluding hydrogens is 392 g/mol. The maximum atomic E-state index is 13.0. The zero-order valence-electron chi connectivity index (χ0n) is 16.7. The van der Waals surface area contributed by atoms with Crippen molar-refractivity contribution < 1.29 is 13.2 Å². The Morgan fingerprint density at radius 2 is 2.00 bits per heavy atom. The first-order valence-corrected chi connectivity index (χ1v) is 11.0. The van der Waals surface area contributed by atoms with Crippen LogP contribution in [0.25, 0.3) is 5.65 Å². The van der Waals surface area contributed by atoms with Crippen molar-refractivity contribution in [2.45, 2.75) is 37.5 Å². The second-order valence-electron chi connectivity index (χ2n) is 7.26. The minimum Gasteiger partial charge on any atom is -0.497 e. The number of aryl methyl sites for hydroxylation is 1. The van der Waals surface area contributed by atoms with Gasteiger partial charge in [-0.05, 0) is 44.0 Å². The molecule has 0 saturated carbocycles. The maximum Gasteiger partial charge on any atom is 0.276 e. The van der Waals surface area contributed by atoms with Crippen LogP contribution >= 0.6 is 0 Å². The zero-order valence-corrected chi connectivity index (χ0v) is 17.5. The Bertz CT molecular complexity index is 1210. The molecule has 1 aromatic carbocycles. The number of ether oxygens (including phenoxy) is 1. The monoisotopic (exact) mass is 416 g/mol. The molecule has 0 bridgehead atoms. The van der Waals surface area contributed by atoms with E-state index in [0.717, 1.165) is 11.4 Å². The second kappa shape index (κ2) is 7.31. The lowest BCUT2D eigenvalue weighted by atomic mass is 10.1. The van der Waals surface area contributed by atoms with Crippen molar-refractivity contribution in [1.82, 2.24) is 18.9 Å². The smallest absolute Gasteiger partial charge is 0.276 e. The number of rotatable bonds is 5. The summed E-state index contributed by atoms with van der Waals surface area (Å²) in [4.78, 5) is 17.4. The molecule has 1 N–H and O–H groups in total. The van der Waals surface area contributed by atoms with Crippen LogP contribution in [-0.4, -0.2) is 47.5 Å². The van der Waals surface area contributed by atoms with Crippen LogP contribution in [0.5, 0.6) is 5.75 Å². The molecule has 1 aliphatic rings. The molecule has 29 heavy (non-hydrogen) atoms. The quantitative estimate of drug-likeness (QED) is 0.687. The molecule has 4 rings (SSSR count). The fourth-order valence-electron chi connectivity index (χ4n) is 3.90. The number of H-pyrrole nitrogens is 1. The van der Waals surface area contributed by atoms with Crippen LogP contribution in [0.15, 0.2) is 40.0 Å². The number of hydrogen-bond acceptors (Lipinski definition) is 5. The summed E-state index contributed by atoms with van der Waals surface area (Å²) in [5.41, 5.74) is 2.72. The van der Waals surface area contributed by atoms with E-state index in [2.05, 4.69) is 10.1 Å². The Kier molecular flexibility index (Phi) is 4.95. The van der Waals surface area contributed by atoms with Crippen molar-refractivity contribution in [3.63, 3.8) is 0 Å². The molecule has 1 saturated heterocycles. The van der Waals surface area contributed by atoms with Gasteiger partial charge in [0.25, 0.3) is 5.56 Å². The summed E-state index contributed by atoms with van der Waals surface area (Å²) in [7, 11) is -2.04. The summed E-state index contributed by atoms with van der Waals surface area (Å²) >= 11 is 0. The fraction of sp³-hybridized carbons (Fsp3) is 0.400. The number of nitrogens with zero attached hydrogens (tertiary/aromatic N) is 3. The Morgan fingerprint density at radius 1 is 1.28 bits per heavy atom. The highest BCUT2D eigenvalue weighted by Crippen LogP contribution is 2.31. The predicted molar refractivity (Wildman–Crippen MR) is 109 cm³/mol. The summed E-state index contributed by atoms with van der Waals surface area (Å²) in [5, 5.41) is 3.14. The third-order valence-electron chi connectivity index (χ3n) is 5.58. The highest BCUT2D eigenvalue weighted by molar-refractivity contribution is 7.89. The molecule has 1 unspecified atom stereocenters. The SMILES string of the molecule is CCc1c(C)nc2cc(C3CCN(S(=O)(=O)c4ccc(OC)cc4)C3)[nH]n2c1=O. The molecular formula is C20H24N4O4S. The fourth-order valence-corrected chi connectivity index (χ4v) is 5.40. The van der Waals surface area contributed by atoms with Gasteiger partial charge < -0.3 is 4.74 Å². The first-order chi connectivity index (χ1) is 13.8. The van der Waals surface area contributed by atoms with Crippen LogP contribution in [0.4, 0.5) is 0 Å². The maximum absolute atomic E-state index is 13.0. The van der Waals surface area contributed by atoms with Gasteiger partial charge in [0.1, 0.15) is 5.75 Å². The van der Waals surface area contributed by atoms with Gasteiger partial charge in [-0.25, -0.2) is 17.9 Å². The number of fused-ring (bicyclic) bond motifs is 1. The van der Waals surface area contributed by atoms with E-state index < -0.39 is 10.0 Å². The van der Waals surface area contributed by atoms with Crippen LogP contribution in [-0.2, 0) is 16.4 Å². The average Bonchev–Trinajstić information content (AvgIpc) is 3.36. The lowest BCUT2D eigenvalue weighted by molar-refractivity contribution is 0.414. The molecule has 1 atom stereocenters. The van der Waals surface area contributed by atoms with Gasteiger partial charge in [-0.3, -0.25) is 9.89 Å². The molecule has 0 amide bonds. The van der Waals surface area contributed by atoms with Gasteiger partial charge in [-0.1, -0.05) is 6.92 Å². The highest BCUT2D eigenvalue weighted by Gasteiger charge is 2.34. The Labute approximate surface area is 169 Å². The van der Waals surface area contributed by atoms with E-state index in [0.29, 0.717) is 42.9 Å². The third-order valence-corrected chi connectivity index (χ3v) is 7.46. The van der Waals surface area contributed by atoms with E-state index >= 15 is 0 Å². The van der Waals surface area contributed by atoms with E-state index in [1.807, 2.05) is 19.9 Å². The zero-order chi connectivity index (χ0) is 20.8. The van der Waals surface area contributed by atoms with Crippen molar-refractivity contribution in [3.8, 4) is 5.75 Å². The van der Waals surface area contributed by atoms with E-state index in [9.17, 15) is 13.2 Å². The van der Waals surface area contributed by atoms with E-state index in [1.165, 1.54) is 8.82 Å². The van der Waals surface area contributed by atoms with Crippen LogP contribution in [0.2, 0.25) is 0 Å². The largest absolute Gasteiger partial charge is 0.497 e. The number of aromatic amines is 1. The minimum atomic E-state index is -3.58. The van der Waals surface area contributed by atoms with E-state index in [-0.39, 0.29) is 16.4 Å². The number of hydrogen-bond donors (Lipinski definition) is 1. The standard InChI is InChI=1S/C20H24N4O4S/c1-4-17-13(2)21-19-11-18(22-24(19)20(17)25)14-9-10-23(12-14)29(26,27)16-7-5-15(28-3)6-8-16/h5-8,11,14,22H,4,9-10,12H2,1-3H3. The molecule has 9 heteroatoms. The average molecular weight is 417 g/mol. The Hall–Kier alpha value is -2.65. The van der Waals surface area contributed by atoms with Crippen LogP contribution < -0.4 is 10.3 Å². The van der Waals surface area contributed by atoms with Gasteiger partial charge in [0.05, 0.1) is 12.0 Å². The van der Waals surface area contributed by atoms with Crippen molar-refractivity contribution >= 4 is 15.7 Å². The second-order valence-corrected chi connectivity index (χ2v) is 9.20. The van der Waals surface area contributed by atoms with E-state index in [1.54, 1.807) is 31.4 Å². The van der Waals surface area contributed by atoms with Crippen molar-refractivity contribution in [3.05, 3.63) is 57.6 Å². The molecule has 2 aromatic heterocycles. The molecule has 1 aliphatic heterocycles.